The quantitative estimate of drug-likeness (QED) is 0.244. The van der Waals surface area contributed by atoms with Crippen molar-refractivity contribution in [2.75, 3.05) is 13.7 Å². The number of benzene rings is 2. The second-order valence-corrected chi connectivity index (χ2v) is 6.67. The minimum Gasteiger partial charge on any atom is -0.489 e. The molecule has 30 heavy (non-hydrogen) atoms. The van der Waals surface area contributed by atoms with Crippen LogP contribution in [0.2, 0.25) is 0 Å². The normalized spacial score (nSPS) is 11.1. The molecule has 2 rings (SSSR count). The van der Waals surface area contributed by atoms with Crippen LogP contribution in [0.15, 0.2) is 53.7 Å². The number of hydrogen-bond acceptors (Lipinski definition) is 6. The fraction of sp³-hybridized carbons (Fsp3) is 0.348. The lowest BCUT2D eigenvalue weighted by Crippen LogP contribution is -2.21. The van der Waals surface area contributed by atoms with Crippen LogP contribution in [-0.2, 0) is 25.8 Å². The molecule has 0 fully saturated rings. The highest BCUT2D eigenvalue weighted by Crippen LogP contribution is 2.20. The van der Waals surface area contributed by atoms with Crippen LogP contribution in [0.5, 0.6) is 5.75 Å². The molecule has 0 saturated heterocycles. The molecule has 0 unspecified atom stereocenters. The third kappa shape index (κ3) is 7.24. The van der Waals surface area contributed by atoms with Crippen LogP contribution < -0.4 is 4.74 Å². The van der Waals surface area contributed by atoms with E-state index >= 15 is 0 Å². The van der Waals surface area contributed by atoms with Gasteiger partial charge in [-0.1, -0.05) is 47.6 Å². The standard InChI is InChI=1S/C23H27NO6/c1-17-10-5-8-13-20(17)30-16-18-11-6-7-12-19(18)22(24-28-2)23(27)29-15-9-3-4-14-21(25)26/h5-8,10-13H,3-4,9,14-16H2,1-2H3,(H,25,26)/b24-22+. The van der Waals surface area contributed by atoms with Crippen molar-refractivity contribution in [1.82, 2.24) is 0 Å². The van der Waals surface area contributed by atoms with Crippen LogP contribution in [0.1, 0.15) is 42.4 Å². The van der Waals surface area contributed by atoms with Crippen LogP contribution in [0, 0.1) is 6.92 Å². The molecular formula is C23H27NO6. The van der Waals surface area contributed by atoms with E-state index in [1.54, 1.807) is 12.1 Å². The van der Waals surface area contributed by atoms with Crippen molar-refractivity contribution < 1.29 is 29.0 Å². The minimum absolute atomic E-state index is 0.0621. The molecule has 2 aromatic rings. The maximum atomic E-state index is 12.6. The number of para-hydroxylation sites is 1. The predicted octanol–water partition coefficient (Wildman–Crippen LogP) is 4.11. The lowest BCUT2D eigenvalue weighted by atomic mass is 10.0. The number of aliphatic carboxylic acids is 1. The van der Waals surface area contributed by atoms with E-state index in [1.807, 2.05) is 43.3 Å². The Morgan fingerprint density at radius 1 is 1.00 bits per heavy atom. The Kier molecular flexibility index (Phi) is 9.37. The molecule has 0 aromatic heterocycles. The molecule has 0 amide bonds. The first-order valence-corrected chi connectivity index (χ1v) is 9.79. The minimum atomic E-state index is -0.828. The van der Waals surface area contributed by atoms with Gasteiger partial charge in [0, 0.05) is 12.0 Å². The van der Waals surface area contributed by atoms with E-state index in [0.29, 0.717) is 24.8 Å². The molecule has 0 aliphatic carbocycles. The highest BCUT2D eigenvalue weighted by Gasteiger charge is 2.20. The maximum absolute atomic E-state index is 12.6. The number of nitrogens with zero attached hydrogens (tertiary/aromatic N) is 1. The second kappa shape index (κ2) is 12.3. The molecule has 2 aromatic carbocycles. The average molecular weight is 413 g/mol. The van der Waals surface area contributed by atoms with Gasteiger partial charge in [0.15, 0.2) is 5.71 Å². The molecule has 160 valence electrons. The highest BCUT2D eigenvalue weighted by atomic mass is 16.6. The van der Waals surface area contributed by atoms with E-state index in [4.69, 9.17) is 19.4 Å². The van der Waals surface area contributed by atoms with Crippen molar-refractivity contribution in [3.05, 3.63) is 65.2 Å². The van der Waals surface area contributed by atoms with Crippen LogP contribution in [-0.4, -0.2) is 36.5 Å². The number of carbonyl (C=O) groups is 2. The lowest BCUT2D eigenvalue weighted by Gasteiger charge is -2.13. The summed E-state index contributed by atoms with van der Waals surface area (Å²) in [5.74, 6) is -0.661. The number of carboxylic acids is 1. The predicted molar refractivity (Wildman–Crippen MR) is 113 cm³/mol. The van der Waals surface area contributed by atoms with Gasteiger partial charge < -0.3 is 19.4 Å². The fourth-order valence-electron chi connectivity index (χ4n) is 2.83. The van der Waals surface area contributed by atoms with Crippen LogP contribution in [0.3, 0.4) is 0 Å². The number of hydrogen-bond donors (Lipinski definition) is 1. The van der Waals surface area contributed by atoms with Crippen molar-refractivity contribution in [3.63, 3.8) is 0 Å². The molecule has 1 N–H and O–H groups in total. The molecule has 7 heteroatoms. The number of rotatable bonds is 12. The highest BCUT2D eigenvalue weighted by molar-refractivity contribution is 6.43. The summed E-state index contributed by atoms with van der Waals surface area (Å²) in [4.78, 5) is 28.0. The van der Waals surface area contributed by atoms with Gasteiger partial charge in [-0.2, -0.15) is 0 Å². The summed E-state index contributed by atoms with van der Waals surface area (Å²) in [6.45, 7) is 2.40. The third-order valence-electron chi connectivity index (χ3n) is 4.39. The summed E-state index contributed by atoms with van der Waals surface area (Å²) in [5, 5.41) is 12.5. The number of unbranched alkanes of at least 4 members (excludes halogenated alkanes) is 2. The molecular weight excluding hydrogens is 386 g/mol. The van der Waals surface area contributed by atoms with Gasteiger partial charge in [-0.15, -0.1) is 0 Å². The Morgan fingerprint density at radius 2 is 1.73 bits per heavy atom. The summed E-state index contributed by atoms with van der Waals surface area (Å²) in [6.07, 6.45) is 1.90. The monoisotopic (exact) mass is 413 g/mol. The van der Waals surface area contributed by atoms with E-state index in [2.05, 4.69) is 5.16 Å². The Morgan fingerprint density at radius 3 is 2.47 bits per heavy atom. The molecule has 0 atom stereocenters. The third-order valence-corrected chi connectivity index (χ3v) is 4.39. The topological polar surface area (TPSA) is 94.4 Å². The van der Waals surface area contributed by atoms with Gasteiger partial charge in [0.05, 0.1) is 6.61 Å². The number of carboxylic acid groups (broad SMARTS) is 1. The largest absolute Gasteiger partial charge is 0.489 e. The van der Waals surface area contributed by atoms with E-state index in [9.17, 15) is 9.59 Å². The van der Waals surface area contributed by atoms with Gasteiger partial charge in [0.2, 0.25) is 0 Å². The van der Waals surface area contributed by atoms with Crippen LogP contribution in [0.4, 0.5) is 0 Å². The first kappa shape index (κ1) is 22.9. The molecule has 0 aliphatic heterocycles. The van der Waals surface area contributed by atoms with Crippen molar-refractivity contribution in [2.45, 2.75) is 39.2 Å². The van der Waals surface area contributed by atoms with Gasteiger partial charge in [-0.05, 0) is 43.4 Å². The molecule has 0 saturated carbocycles. The molecule has 0 radical (unpaired) electrons. The van der Waals surface area contributed by atoms with Crippen LogP contribution in [0.25, 0.3) is 0 Å². The first-order chi connectivity index (χ1) is 14.5. The van der Waals surface area contributed by atoms with Gasteiger partial charge in [-0.3, -0.25) is 4.79 Å². The molecule has 0 aliphatic rings. The van der Waals surface area contributed by atoms with Gasteiger partial charge in [0.1, 0.15) is 19.5 Å². The summed E-state index contributed by atoms with van der Waals surface area (Å²) in [7, 11) is 1.37. The zero-order valence-electron chi connectivity index (χ0n) is 17.3. The zero-order valence-corrected chi connectivity index (χ0v) is 17.3. The van der Waals surface area contributed by atoms with Gasteiger partial charge in [0.25, 0.3) is 0 Å². The molecule has 0 spiro atoms. The van der Waals surface area contributed by atoms with Gasteiger partial charge in [-0.25, -0.2) is 4.79 Å². The summed E-state index contributed by atoms with van der Waals surface area (Å²) in [6, 6.07) is 15.0. The zero-order chi connectivity index (χ0) is 21.8. The SMILES string of the molecule is CO/N=C(/C(=O)OCCCCCC(=O)O)c1ccccc1COc1ccccc1C. The number of carbonyl (C=O) groups excluding carboxylic acids is 1. The Labute approximate surface area is 176 Å². The molecule has 7 nitrogen and oxygen atoms in total. The maximum Gasteiger partial charge on any atom is 0.361 e. The Hall–Kier alpha value is -3.35. The van der Waals surface area contributed by atoms with E-state index in [-0.39, 0.29) is 25.3 Å². The van der Waals surface area contributed by atoms with Crippen molar-refractivity contribution >= 4 is 17.7 Å². The lowest BCUT2D eigenvalue weighted by molar-refractivity contribution is -0.138. The molecule has 0 heterocycles. The Balaban J connectivity index is 2.03. The number of ether oxygens (including phenoxy) is 2. The molecule has 0 bridgehead atoms. The fourth-order valence-corrected chi connectivity index (χ4v) is 2.83. The summed E-state index contributed by atoms with van der Waals surface area (Å²) in [5.41, 5.74) is 2.42. The van der Waals surface area contributed by atoms with E-state index < -0.39 is 11.9 Å². The smallest absolute Gasteiger partial charge is 0.361 e. The summed E-state index contributed by atoms with van der Waals surface area (Å²) < 4.78 is 11.2. The van der Waals surface area contributed by atoms with Crippen molar-refractivity contribution in [1.29, 1.82) is 0 Å². The van der Waals surface area contributed by atoms with E-state index in [1.165, 1.54) is 7.11 Å². The first-order valence-electron chi connectivity index (χ1n) is 9.79. The van der Waals surface area contributed by atoms with Crippen LogP contribution >= 0.6 is 0 Å². The summed E-state index contributed by atoms with van der Waals surface area (Å²) >= 11 is 0. The number of oxime groups is 1. The van der Waals surface area contributed by atoms with E-state index in [0.717, 1.165) is 16.9 Å². The second-order valence-electron chi connectivity index (χ2n) is 6.67. The van der Waals surface area contributed by atoms with Crippen molar-refractivity contribution in [2.24, 2.45) is 5.16 Å². The average Bonchev–Trinajstić information content (AvgIpc) is 2.74. The number of esters is 1. The Bertz CT molecular complexity index is 878. The van der Waals surface area contributed by atoms with Gasteiger partial charge >= 0.3 is 11.9 Å². The number of aryl methyl sites for hydroxylation is 1. The van der Waals surface area contributed by atoms with Crippen molar-refractivity contribution in [3.8, 4) is 5.75 Å².